The number of carbonyl (C=O) groups is 2. The summed E-state index contributed by atoms with van der Waals surface area (Å²) in [5.74, 6) is -0.446. The molecule has 3 aromatic rings. The van der Waals surface area contributed by atoms with E-state index in [1.54, 1.807) is 38.2 Å². The highest BCUT2D eigenvalue weighted by Crippen LogP contribution is 2.30. The molecule has 0 saturated heterocycles. The van der Waals surface area contributed by atoms with Crippen LogP contribution in [-0.2, 0) is 16.6 Å². The van der Waals surface area contributed by atoms with Crippen LogP contribution in [0.25, 0.3) is 11.4 Å². The summed E-state index contributed by atoms with van der Waals surface area (Å²) in [5, 5.41) is 15.9. The fraction of sp³-hybridized carbons (Fsp3) is 0.391. The highest BCUT2D eigenvalue weighted by atomic mass is 35.5. The van der Waals surface area contributed by atoms with E-state index in [0.29, 0.717) is 29.8 Å². The van der Waals surface area contributed by atoms with E-state index in [4.69, 9.17) is 16.3 Å². The summed E-state index contributed by atoms with van der Waals surface area (Å²) in [6, 6.07) is 6.22. The van der Waals surface area contributed by atoms with Gasteiger partial charge < -0.3 is 15.4 Å². The molecule has 1 fully saturated rings. The van der Waals surface area contributed by atoms with Crippen molar-refractivity contribution in [3.8, 4) is 11.4 Å². The Morgan fingerprint density at radius 2 is 1.97 bits per heavy atom. The normalized spacial score (nSPS) is 17.8. The highest BCUT2D eigenvalue weighted by Gasteiger charge is 2.37. The van der Waals surface area contributed by atoms with Crippen molar-refractivity contribution in [2.45, 2.75) is 38.1 Å². The molecular weight excluding hydrogens is 529 g/mol. The third-order valence-corrected chi connectivity index (χ3v) is 6.25. The topological polar surface area (TPSA) is 136 Å². The van der Waals surface area contributed by atoms with Crippen molar-refractivity contribution in [1.82, 2.24) is 30.3 Å². The third-order valence-electron chi connectivity index (χ3n) is 5.93. The zero-order chi connectivity index (χ0) is 27.4. The first kappa shape index (κ1) is 27.3. The Balaban J connectivity index is 1.33. The van der Waals surface area contributed by atoms with Gasteiger partial charge in [0, 0.05) is 30.8 Å². The van der Waals surface area contributed by atoms with Gasteiger partial charge in [0.15, 0.2) is 11.5 Å². The molecule has 1 aliphatic rings. The van der Waals surface area contributed by atoms with Crippen LogP contribution in [0.5, 0.6) is 0 Å². The van der Waals surface area contributed by atoms with Gasteiger partial charge in [0.2, 0.25) is 5.91 Å². The maximum Gasteiger partial charge on any atom is 0.413 e. The van der Waals surface area contributed by atoms with Crippen LogP contribution >= 0.6 is 11.6 Å². The molecule has 3 heterocycles. The molecular formula is C23H24ClF3N8O3. The fourth-order valence-electron chi connectivity index (χ4n) is 3.83. The number of halogens is 4. The van der Waals surface area contributed by atoms with Gasteiger partial charge in [0.25, 0.3) is 0 Å². The SMILES string of the molecule is C[C@@H](OC(=O)Nc1c(-c2ccc(NC(=O)[C@H]3C[C@@H](NCC(F)(F)F)C3)cn2)nnn1C)c1cccnc1Cl. The smallest absolute Gasteiger partial charge is 0.413 e. The van der Waals surface area contributed by atoms with Gasteiger partial charge in [-0.3, -0.25) is 15.1 Å². The number of pyridine rings is 2. The zero-order valence-electron chi connectivity index (χ0n) is 20.3. The zero-order valence-corrected chi connectivity index (χ0v) is 21.0. The second-order valence-electron chi connectivity index (χ2n) is 8.75. The van der Waals surface area contributed by atoms with Gasteiger partial charge in [-0.05, 0) is 38.0 Å². The van der Waals surface area contributed by atoms with Gasteiger partial charge in [0.05, 0.1) is 24.1 Å². The largest absolute Gasteiger partial charge is 0.441 e. The lowest BCUT2D eigenvalue weighted by Gasteiger charge is -2.35. The molecule has 0 unspecified atom stereocenters. The molecule has 0 bridgehead atoms. The van der Waals surface area contributed by atoms with E-state index in [1.165, 1.54) is 17.1 Å². The number of hydrogen-bond acceptors (Lipinski definition) is 8. The number of anilines is 2. The second-order valence-corrected chi connectivity index (χ2v) is 9.11. The summed E-state index contributed by atoms with van der Waals surface area (Å²) in [5.41, 5.74) is 1.59. The third kappa shape index (κ3) is 6.75. The molecule has 2 amide bonds. The molecule has 0 spiro atoms. The number of aryl methyl sites for hydroxylation is 1. The van der Waals surface area contributed by atoms with Gasteiger partial charge in [-0.25, -0.2) is 14.5 Å². The predicted octanol–water partition coefficient (Wildman–Crippen LogP) is 4.10. The highest BCUT2D eigenvalue weighted by molar-refractivity contribution is 6.30. The van der Waals surface area contributed by atoms with E-state index in [0.717, 1.165) is 0 Å². The van der Waals surface area contributed by atoms with Crippen molar-refractivity contribution < 1.29 is 27.5 Å². The Morgan fingerprint density at radius 3 is 2.63 bits per heavy atom. The molecule has 15 heteroatoms. The van der Waals surface area contributed by atoms with Crippen molar-refractivity contribution >= 4 is 35.1 Å². The molecule has 3 aromatic heterocycles. The van der Waals surface area contributed by atoms with E-state index < -0.39 is 24.9 Å². The molecule has 0 aliphatic heterocycles. The molecule has 3 N–H and O–H groups in total. The van der Waals surface area contributed by atoms with E-state index >= 15 is 0 Å². The Morgan fingerprint density at radius 1 is 1.21 bits per heavy atom. The number of alkyl halides is 3. The lowest BCUT2D eigenvalue weighted by Crippen LogP contribution is -2.48. The molecule has 4 rings (SSSR count). The predicted molar refractivity (Wildman–Crippen MR) is 131 cm³/mol. The monoisotopic (exact) mass is 552 g/mol. The van der Waals surface area contributed by atoms with Crippen molar-refractivity contribution in [3.63, 3.8) is 0 Å². The summed E-state index contributed by atoms with van der Waals surface area (Å²) >= 11 is 6.06. The van der Waals surface area contributed by atoms with Gasteiger partial charge in [-0.1, -0.05) is 22.9 Å². The first-order valence-electron chi connectivity index (χ1n) is 11.6. The number of rotatable bonds is 8. The lowest BCUT2D eigenvalue weighted by molar-refractivity contribution is -0.130. The minimum Gasteiger partial charge on any atom is -0.441 e. The summed E-state index contributed by atoms with van der Waals surface area (Å²) in [4.78, 5) is 33.2. The van der Waals surface area contributed by atoms with Crippen LogP contribution in [0, 0.1) is 5.92 Å². The van der Waals surface area contributed by atoms with Crippen molar-refractivity contribution in [1.29, 1.82) is 0 Å². The van der Waals surface area contributed by atoms with E-state index in [2.05, 4.69) is 36.2 Å². The average molecular weight is 553 g/mol. The summed E-state index contributed by atoms with van der Waals surface area (Å²) in [7, 11) is 1.58. The van der Waals surface area contributed by atoms with Gasteiger partial charge >= 0.3 is 12.3 Å². The average Bonchev–Trinajstić information content (AvgIpc) is 3.17. The minimum atomic E-state index is -4.29. The molecule has 0 radical (unpaired) electrons. The maximum atomic E-state index is 12.5. The van der Waals surface area contributed by atoms with Crippen LogP contribution in [0.4, 0.5) is 29.5 Å². The standard InChI is InChI=1S/C23H24ClF3N8O3/c1-12(16-4-3-7-28-19(16)24)38-22(37)32-20-18(33-34-35(20)2)17-6-5-14(10-29-17)31-21(36)13-8-15(9-13)30-11-23(25,26)27/h3-7,10,12-13,15,30H,8-9,11H2,1-2H3,(H,31,36)(H,32,37)/t12-,13-,15+/m1/s1. The summed E-state index contributed by atoms with van der Waals surface area (Å²) < 4.78 is 43.6. The van der Waals surface area contributed by atoms with Gasteiger partial charge in [0.1, 0.15) is 11.3 Å². The van der Waals surface area contributed by atoms with Crippen LogP contribution < -0.4 is 16.0 Å². The van der Waals surface area contributed by atoms with Crippen molar-refractivity contribution in [3.05, 3.63) is 47.4 Å². The number of hydrogen-bond donors (Lipinski definition) is 3. The minimum absolute atomic E-state index is 0.224. The van der Waals surface area contributed by atoms with E-state index in [-0.39, 0.29) is 34.5 Å². The van der Waals surface area contributed by atoms with Crippen molar-refractivity contribution in [2.75, 3.05) is 17.2 Å². The van der Waals surface area contributed by atoms with E-state index in [9.17, 15) is 22.8 Å². The Labute approximate surface area is 220 Å². The first-order valence-corrected chi connectivity index (χ1v) is 11.9. The molecule has 38 heavy (non-hydrogen) atoms. The molecule has 1 saturated carbocycles. The Bertz CT molecular complexity index is 1300. The summed E-state index contributed by atoms with van der Waals surface area (Å²) in [6.07, 6.45) is -2.14. The lowest BCUT2D eigenvalue weighted by atomic mass is 9.79. The van der Waals surface area contributed by atoms with Crippen LogP contribution in [0.1, 0.15) is 31.4 Å². The number of amides is 2. The quantitative estimate of drug-likeness (QED) is 0.355. The van der Waals surface area contributed by atoms with Gasteiger partial charge in [-0.2, -0.15) is 13.2 Å². The maximum absolute atomic E-state index is 12.5. The fourth-order valence-corrected chi connectivity index (χ4v) is 4.11. The Kier molecular flexibility index (Phi) is 8.11. The molecule has 1 atom stereocenters. The number of nitrogens with one attached hydrogen (secondary N) is 3. The van der Waals surface area contributed by atoms with Crippen LogP contribution in [-0.4, -0.2) is 55.7 Å². The summed E-state index contributed by atoms with van der Waals surface area (Å²) in [6.45, 7) is 0.578. The van der Waals surface area contributed by atoms with Crippen molar-refractivity contribution in [2.24, 2.45) is 13.0 Å². The van der Waals surface area contributed by atoms with Gasteiger partial charge in [-0.15, -0.1) is 5.10 Å². The number of carbonyl (C=O) groups excluding carboxylic acids is 2. The molecule has 11 nitrogen and oxygen atoms in total. The first-order chi connectivity index (χ1) is 18.0. The van der Waals surface area contributed by atoms with E-state index in [1.807, 2.05) is 0 Å². The Hall–Kier alpha value is -3.78. The number of ether oxygens (including phenoxy) is 1. The number of nitrogens with zero attached hydrogens (tertiary/aromatic N) is 5. The second kappa shape index (κ2) is 11.3. The van der Waals surface area contributed by atoms with Crippen LogP contribution in [0.3, 0.4) is 0 Å². The van der Waals surface area contributed by atoms with Crippen LogP contribution in [0.2, 0.25) is 5.15 Å². The molecule has 0 aromatic carbocycles. The van der Waals surface area contributed by atoms with Crippen LogP contribution in [0.15, 0.2) is 36.7 Å². The number of aromatic nitrogens is 5. The molecule has 202 valence electrons. The molecule has 1 aliphatic carbocycles.